The van der Waals surface area contributed by atoms with Crippen LogP contribution < -0.4 is 11.1 Å². The smallest absolute Gasteiger partial charge is 0.252 e. The number of amides is 2. The van der Waals surface area contributed by atoms with Gasteiger partial charge in [0.05, 0.1) is 23.0 Å². The van der Waals surface area contributed by atoms with Crippen molar-refractivity contribution in [2.24, 2.45) is 5.73 Å². The van der Waals surface area contributed by atoms with Gasteiger partial charge in [0.2, 0.25) is 5.91 Å². The standard InChI is InChI=1S/C22H16ClFN4O2/c23-19-10-13(21(25)29)4-5-14(19)11-26-22(30)17-2-1-3-20-18(17)12-27-28(20)16-8-6-15(24)7-9-16/h1-10,12H,11H2,(H2,25,29)(H,26,30). The van der Waals surface area contributed by atoms with Crippen LogP contribution in [0.15, 0.2) is 66.9 Å². The highest BCUT2D eigenvalue weighted by Crippen LogP contribution is 2.23. The molecule has 0 bridgehead atoms. The third-order valence-corrected chi connectivity index (χ3v) is 5.06. The van der Waals surface area contributed by atoms with Crippen molar-refractivity contribution < 1.29 is 14.0 Å². The highest BCUT2D eigenvalue weighted by molar-refractivity contribution is 6.31. The number of fused-ring (bicyclic) bond motifs is 1. The van der Waals surface area contributed by atoms with E-state index in [-0.39, 0.29) is 18.3 Å². The summed E-state index contributed by atoms with van der Waals surface area (Å²) in [6, 6.07) is 15.9. The molecule has 2 amide bonds. The summed E-state index contributed by atoms with van der Waals surface area (Å²) in [6.45, 7) is 0.180. The van der Waals surface area contributed by atoms with Crippen LogP contribution in [-0.2, 0) is 6.54 Å². The SMILES string of the molecule is NC(=O)c1ccc(CNC(=O)c2cccc3c2cnn3-c2ccc(F)cc2)c(Cl)c1. The number of primary amides is 1. The first-order valence-corrected chi connectivity index (χ1v) is 9.41. The molecule has 0 aliphatic rings. The topological polar surface area (TPSA) is 90.0 Å². The van der Waals surface area contributed by atoms with Gasteiger partial charge in [0, 0.05) is 22.5 Å². The van der Waals surface area contributed by atoms with E-state index in [2.05, 4.69) is 10.4 Å². The maximum absolute atomic E-state index is 13.2. The molecule has 3 N–H and O–H groups in total. The lowest BCUT2D eigenvalue weighted by Gasteiger charge is -2.09. The molecule has 1 aromatic heterocycles. The number of carbonyl (C=O) groups excluding carboxylic acids is 2. The summed E-state index contributed by atoms with van der Waals surface area (Å²) in [5, 5.41) is 8.18. The highest BCUT2D eigenvalue weighted by Gasteiger charge is 2.15. The summed E-state index contributed by atoms with van der Waals surface area (Å²) in [7, 11) is 0. The minimum absolute atomic E-state index is 0.180. The van der Waals surface area contributed by atoms with Crippen molar-refractivity contribution in [2.75, 3.05) is 0 Å². The van der Waals surface area contributed by atoms with Crippen LogP contribution in [0.25, 0.3) is 16.6 Å². The third-order valence-electron chi connectivity index (χ3n) is 4.71. The van der Waals surface area contributed by atoms with Crippen LogP contribution in [0.3, 0.4) is 0 Å². The summed E-state index contributed by atoms with van der Waals surface area (Å²) in [4.78, 5) is 24.0. The number of nitrogens with zero attached hydrogens (tertiary/aromatic N) is 2. The Morgan fingerprint density at radius 1 is 1.10 bits per heavy atom. The first kappa shape index (κ1) is 19.6. The number of benzene rings is 3. The predicted molar refractivity (Wildman–Crippen MR) is 112 cm³/mol. The van der Waals surface area contributed by atoms with Gasteiger partial charge in [0.25, 0.3) is 5.91 Å². The number of rotatable bonds is 5. The lowest BCUT2D eigenvalue weighted by atomic mass is 10.1. The summed E-state index contributed by atoms with van der Waals surface area (Å²) in [6.07, 6.45) is 1.60. The van der Waals surface area contributed by atoms with Crippen LogP contribution in [0.1, 0.15) is 26.3 Å². The molecule has 4 aromatic rings. The maximum atomic E-state index is 13.2. The molecule has 3 aromatic carbocycles. The minimum atomic E-state index is -0.572. The Morgan fingerprint density at radius 3 is 2.57 bits per heavy atom. The number of carbonyl (C=O) groups is 2. The zero-order chi connectivity index (χ0) is 21.3. The molecule has 0 aliphatic heterocycles. The van der Waals surface area contributed by atoms with Gasteiger partial charge in [-0.25, -0.2) is 9.07 Å². The van der Waals surface area contributed by atoms with E-state index >= 15 is 0 Å². The molecule has 0 saturated heterocycles. The highest BCUT2D eigenvalue weighted by atomic mass is 35.5. The third kappa shape index (κ3) is 3.75. The number of nitrogens with two attached hydrogens (primary N) is 1. The first-order valence-electron chi connectivity index (χ1n) is 9.03. The fourth-order valence-electron chi connectivity index (χ4n) is 3.15. The molecule has 6 nitrogen and oxygen atoms in total. The lowest BCUT2D eigenvalue weighted by Crippen LogP contribution is -2.23. The van der Waals surface area contributed by atoms with Gasteiger partial charge in [0.1, 0.15) is 5.82 Å². The number of aromatic nitrogens is 2. The van der Waals surface area contributed by atoms with E-state index in [1.54, 1.807) is 47.3 Å². The Hall–Kier alpha value is -3.71. The zero-order valence-corrected chi connectivity index (χ0v) is 16.4. The maximum Gasteiger partial charge on any atom is 0.252 e. The van der Waals surface area contributed by atoms with Crippen molar-refractivity contribution in [2.45, 2.75) is 6.54 Å². The van der Waals surface area contributed by atoms with E-state index in [9.17, 15) is 14.0 Å². The molecule has 0 unspecified atom stereocenters. The van der Waals surface area contributed by atoms with Crippen LogP contribution in [0, 0.1) is 5.82 Å². The molecule has 1 heterocycles. The quantitative estimate of drug-likeness (QED) is 0.512. The van der Waals surface area contributed by atoms with E-state index < -0.39 is 5.91 Å². The second kappa shape index (κ2) is 7.96. The number of halogens is 2. The predicted octanol–water partition coefficient (Wildman–Crippen LogP) is 3.85. The second-order valence-corrected chi connectivity index (χ2v) is 7.03. The molecule has 4 rings (SSSR count). The molecular weight excluding hydrogens is 407 g/mol. The van der Waals surface area contributed by atoms with Crippen LogP contribution >= 0.6 is 11.6 Å². The Morgan fingerprint density at radius 2 is 1.87 bits per heavy atom. The van der Waals surface area contributed by atoms with E-state index in [0.29, 0.717) is 32.8 Å². The van der Waals surface area contributed by atoms with Crippen LogP contribution in [0.4, 0.5) is 4.39 Å². The monoisotopic (exact) mass is 422 g/mol. The van der Waals surface area contributed by atoms with Gasteiger partial charge in [-0.15, -0.1) is 0 Å². The molecule has 0 radical (unpaired) electrons. The van der Waals surface area contributed by atoms with Gasteiger partial charge >= 0.3 is 0 Å². The Labute approximate surface area is 176 Å². The lowest BCUT2D eigenvalue weighted by molar-refractivity contribution is 0.0951. The van der Waals surface area contributed by atoms with Gasteiger partial charge in [0.15, 0.2) is 0 Å². The van der Waals surface area contributed by atoms with Crippen LogP contribution in [0.5, 0.6) is 0 Å². The van der Waals surface area contributed by atoms with Crippen molar-refractivity contribution in [1.29, 1.82) is 0 Å². The molecule has 0 fully saturated rings. The van der Waals surface area contributed by atoms with Gasteiger partial charge in [-0.05, 0) is 54.1 Å². The van der Waals surface area contributed by atoms with E-state index in [0.717, 1.165) is 5.52 Å². The summed E-state index contributed by atoms with van der Waals surface area (Å²) in [5.74, 6) is -1.20. The number of nitrogens with one attached hydrogen (secondary N) is 1. The molecular formula is C22H16ClFN4O2. The van der Waals surface area contributed by atoms with E-state index in [4.69, 9.17) is 17.3 Å². The van der Waals surface area contributed by atoms with Crippen molar-refractivity contribution in [3.63, 3.8) is 0 Å². The Balaban J connectivity index is 1.58. The summed E-state index contributed by atoms with van der Waals surface area (Å²) >= 11 is 6.18. The second-order valence-electron chi connectivity index (χ2n) is 6.62. The Bertz CT molecular complexity index is 1270. The first-order chi connectivity index (χ1) is 14.4. The summed E-state index contributed by atoms with van der Waals surface area (Å²) in [5.41, 5.74) is 8.05. The molecule has 0 spiro atoms. The summed E-state index contributed by atoms with van der Waals surface area (Å²) < 4.78 is 14.9. The fourth-order valence-corrected chi connectivity index (χ4v) is 3.40. The van der Waals surface area contributed by atoms with Crippen molar-refractivity contribution in [3.05, 3.63) is 94.4 Å². The molecule has 8 heteroatoms. The largest absolute Gasteiger partial charge is 0.366 e. The van der Waals surface area contributed by atoms with Crippen molar-refractivity contribution in [1.82, 2.24) is 15.1 Å². The molecule has 0 aliphatic carbocycles. The van der Waals surface area contributed by atoms with Gasteiger partial charge in [-0.2, -0.15) is 5.10 Å². The molecule has 0 atom stereocenters. The van der Waals surface area contributed by atoms with Gasteiger partial charge in [-0.3, -0.25) is 9.59 Å². The van der Waals surface area contributed by atoms with Crippen molar-refractivity contribution in [3.8, 4) is 5.69 Å². The molecule has 150 valence electrons. The van der Waals surface area contributed by atoms with Crippen LogP contribution in [-0.4, -0.2) is 21.6 Å². The number of hydrogen-bond donors (Lipinski definition) is 2. The van der Waals surface area contributed by atoms with Gasteiger partial charge in [-0.1, -0.05) is 23.7 Å². The van der Waals surface area contributed by atoms with Gasteiger partial charge < -0.3 is 11.1 Å². The number of hydrogen-bond acceptors (Lipinski definition) is 3. The molecule has 0 saturated carbocycles. The van der Waals surface area contributed by atoms with E-state index in [1.807, 2.05) is 6.07 Å². The Kier molecular flexibility index (Phi) is 5.20. The van der Waals surface area contributed by atoms with Crippen molar-refractivity contribution >= 4 is 34.3 Å². The average molecular weight is 423 g/mol. The average Bonchev–Trinajstić information content (AvgIpc) is 3.17. The van der Waals surface area contributed by atoms with Crippen LogP contribution in [0.2, 0.25) is 5.02 Å². The normalized spacial score (nSPS) is 10.9. The fraction of sp³-hybridized carbons (Fsp3) is 0.0455. The minimum Gasteiger partial charge on any atom is -0.366 e. The zero-order valence-electron chi connectivity index (χ0n) is 15.6. The molecule has 30 heavy (non-hydrogen) atoms. The van der Waals surface area contributed by atoms with E-state index in [1.165, 1.54) is 18.2 Å².